The van der Waals surface area contributed by atoms with Crippen LogP contribution in [-0.2, 0) is 10.3 Å². The SMILES string of the molecule is CCN(CC)c1ccc2c(c1)Oc1cc(SC)c(N(C)C)cc1C21OC(=O)c2ccccc21. The Hall–Kier alpha value is -3.12. The molecule has 3 aromatic rings. The smallest absolute Gasteiger partial charge is 0.340 e. The Balaban J connectivity index is 1.83. The number of hydrogen-bond donors (Lipinski definition) is 0. The maximum Gasteiger partial charge on any atom is 0.340 e. The number of anilines is 2. The van der Waals surface area contributed by atoms with E-state index in [1.165, 1.54) is 0 Å². The third-order valence-electron chi connectivity index (χ3n) is 6.61. The lowest BCUT2D eigenvalue weighted by Crippen LogP contribution is -2.33. The molecule has 0 aromatic heterocycles. The highest BCUT2D eigenvalue weighted by Gasteiger charge is 2.53. The van der Waals surface area contributed by atoms with E-state index in [0.29, 0.717) is 5.56 Å². The van der Waals surface area contributed by atoms with Gasteiger partial charge in [0.15, 0.2) is 5.60 Å². The molecule has 6 heteroatoms. The molecule has 0 fully saturated rings. The molecule has 2 heterocycles. The number of carbonyl (C=O) groups is 1. The molecule has 1 unspecified atom stereocenters. The fourth-order valence-electron chi connectivity index (χ4n) is 4.97. The average molecular weight is 461 g/mol. The van der Waals surface area contributed by atoms with E-state index in [2.05, 4.69) is 60.2 Å². The van der Waals surface area contributed by atoms with Crippen LogP contribution in [0.1, 0.15) is 40.9 Å². The van der Waals surface area contributed by atoms with Crippen LogP contribution in [-0.4, -0.2) is 39.4 Å². The van der Waals surface area contributed by atoms with Gasteiger partial charge in [0, 0.05) is 60.5 Å². The van der Waals surface area contributed by atoms with E-state index in [1.807, 2.05) is 38.4 Å². The van der Waals surface area contributed by atoms with Crippen molar-refractivity contribution in [2.75, 3.05) is 43.2 Å². The molecule has 3 aromatic carbocycles. The fraction of sp³-hybridized carbons (Fsp3) is 0.296. The van der Waals surface area contributed by atoms with Gasteiger partial charge < -0.3 is 19.3 Å². The molecule has 5 rings (SSSR count). The number of ether oxygens (including phenoxy) is 2. The highest BCUT2D eigenvalue weighted by molar-refractivity contribution is 7.98. The lowest BCUT2D eigenvalue weighted by molar-refractivity contribution is 0.0224. The van der Waals surface area contributed by atoms with Gasteiger partial charge in [-0.15, -0.1) is 11.8 Å². The van der Waals surface area contributed by atoms with E-state index in [4.69, 9.17) is 9.47 Å². The lowest BCUT2D eigenvalue weighted by atomic mass is 9.77. The Morgan fingerprint density at radius 1 is 0.909 bits per heavy atom. The van der Waals surface area contributed by atoms with Crippen LogP contribution in [0.5, 0.6) is 11.5 Å². The van der Waals surface area contributed by atoms with Crippen LogP contribution in [0.3, 0.4) is 0 Å². The number of thioether (sulfide) groups is 1. The summed E-state index contributed by atoms with van der Waals surface area (Å²) in [6.45, 7) is 6.08. The van der Waals surface area contributed by atoms with Crippen molar-refractivity contribution in [1.82, 2.24) is 0 Å². The molecule has 5 nitrogen and oxygen atoms in total. The number of carbonyl (C=O) groups excluding carboxylic acids is 1. The third-order valence-corrected chi connectivity index (χ3v) is 7.37. The molecular weight excluding hydrogens is 432 g/mol. The van der Waals surface area contributed by atoms with Crippen LogP contribution >= 0.6 is 11.8 Å². The molecule has 0 aliphatic carbocycles. The van der Waals surface area contributed by atoms with Crippen molar-refractivity contribution in [2.24, 2.45) is 0 Å². The second-order valence-electron chi connectivity index (χ2n) is 8.49. The van der Waals surface area contributed by atoms with Crippen molar-refractivity contribution in [3.63, 3.8) is 0 Å². The van der Waals surface area contributed by atoms with Gasteiger partial charge in [-0.25, -0.2) is 4.79 Å². The highest BCUT2D eigenvalue weighted by atomic mass is 32.2. The third kappa shape index (κ3) is 3.11. The van der Waals surface area contributed by atoms with E-state index >= 15 is 0 Å². The van der Waals surface area contributed by atoms with Crippen LogP contribution in [0.15, 0.2) is 59.5 Å². The first-order valence-electron chi connectivity index (χ1n) is 11.2. The summed E-state index contributed by atoms with van der Waals surface area (Å²) in [6.07, 6.45) is 2.06. The summed E-state index contributed by atoms with van der Waals surface area (Å²) >= 11 is 1.67. The van der Waals surface area contributed by atoms with E-state index in [1.54, 1.807) is 11.8 Å². The molecule has 1 spiro atoms. The minimum atomic E-state index is -1.04. The maximum atomic E-state index is 13.1. The van der Waals surface area contributed by atoms with Gasteiger partial charge >= 0.3 is 5.97 Å². The molecule has 0 bridgehead atoms. The van der Waals surface area contributed by atoms with E-state index < -0.39 is 5.60 Å². The lowest BCUT2D eigenvalue weighted by Gasteiger charge is -2.38. The number of fused-ring (bicyclic) bond motifs is 6. The summed E-state index contributed by atoms with van der Waals surface area (Å²) in [6, 6.07) is 18.1. The van der Waals surface area contributed by atoms with E-state index in [9.17, 15) is 4.79 Å². The van der Waals surface area contributed by atoms with Crippen LogP contribution < -0.4 is 14.5 Å². The normalized spacial score (nSPS) is 17.7. The number of rotatable bonds is 5. The first-order valence-corrected chi connectivity index (χ1v) is 12.5. The molecule has 33 heavy (non-hydrogen) atoms. The van der Waals surface area contributed by atoms with Gasteiger partial charge in [0.2, 0.25) is 0 Å². The minimum absolute atomic E-state index is 0.308. The Kier molecular flexibility index (Phi) is 5.28. The van der Waals surface area contributed by atoms with E-state index in [0.717, 1.165) is 57.5 Å². The van der Waals surface area contributed by atoms with Crippen LogP contribution in [0.4, 0.5) is 11.4 Å². The molecule has 2 aliphatic rings. The predicted octanol–water partition coefficient (Wildman–Crippen LogP) is 5.89. The van der Waals surface area contributed by atoms with Gasteiger partial charge in [-0.1, -0.05) is 18.2 Å². The monoisotopic (exact) mass is 460 g/mol. The minimum Gasteiger partial charge on any atom is -0.456 e. The topological polar surface area (TPSA) is 42.0 Å². The average Bonchev–Trinajstić information content (AvgIpc) is 3.12. The second-order valence-corrected chi connectivity index (χ2v) is 9.33. The zero-order valence-electron chi connectivity index (χ0n) is 19.6. The Bertz CT molecular complexity index is 1250. The molecular formula is C27H28N2O3S. The Morgan fingerprint density at radius 2 is 1.64 bits per heavy atom. The first kappa shape index (κ1) is 21.7. The van der Waals surface area contributed by atoms with Gasteiger partial charge in [0.05, 0.1) is 11.3 Å². The van der Waals surface area contributed by atoms with Crippen LogP contribution in [0.25, 0.3) is 0 Å². The quantitative estimate of drug-likeness (QED) is 0.349. The first-order chi connectivity index (χ1) is 15.9. The van der Waals surface area contributed by atoms with Gasteiger partial charge in [-0.3, -0.25) is 0 Å². The molecule has 0 N–H and O–H groups in total. The standard InChI is InChI=1S/C27H28N2O3S/c1-6-29(7-2)17-12-13-20-23(14-17)31-24-16-25(33-5)22(28(3)4)15-21(24)27(20)19-11-9-8-10-18(19)26(30)32-27/h8-16H,6-7H2,1-5H3. The molecule has 0 saturated carbocycles. The molecule has 0 radical (unpaired) electrons. The fourth-order valence-corrected chi connectivity index (χ4v) is 5.65. The van der Waals surface area contributed by atoms with Crippen molar-refractivity contribution < 1.29 is 14.3 Å². The number of esters is 1. The van der Waals surface area contributed by atoms with Gasteiger partial charge in [0.1, 0.15) is 11.5 Å². The summed E-state index contributed by atoms with van der Waals surface area (Å²) in [5.41, 5.74) is 4.27. The Labute approximate surface area is 199 Å². The van der Waals surface area contributed by atoms with Crippen molar-refractivity contribution in [1.29, 1.82) is 0 Å². The van der Waals surface area contributed by atoms with E-state index in [-0.39, 0.29) is 5.97 Å². The van der Waals surface area contributed by atoms with Crippen LogP contribution in [0, 0.1) is 0 Å². The molecule has 2 aliphatic heterocycles. The Morgan fingerprint density at radius 3 is 2.33 bits per heavy atom. The molecule has 1 atom stereocenters. The van der Waals surface area contributed by atoms with Gasteiger partial charge in [-0.05, 0) is 50.4 Å². The molecule has 170 valence electrons. The number of nitrogens with zero attached hydrogens (tertiary/aromatic N) is 2. The zero-order chi connectivity index (χ0) is 23.3. The zero-order valence-corrected chi connectivity index (χ0v) is 20.5. The highest BCUT2D eigenvalue weighted by Crippen LogP contribution is 2.58. The molecule has 0 amide bonds. The second kappa shape index (κ2) is 8.03. The maximum absolute atomic E-state index is 13.1. The van der Waals surface area contributed by atoms with Gasteiger partial charge in [-0.2, -0.15) is 0 Å². The summed E-state index contributed by atoms with van der Waals surface area (Å²) in [5.74, 6) is 1.14. The summed E-state index contributed by atoms with van der Waals surface area (Å²) in [7, 11) is 4.05. The van der Waals surface area contributed by atoms with Crippen molar-refractivity contribution >= 4 is 29.1 Å². The predicted molar refractivity (Wildman–Crippen MR) is 134 cm³/mol. The summed E-state index contributed by atoms with van der Waals surface area (Å²) in [4.78, 5) is 18.6. The van der Waals surface area contributed by atoms with Crippen LogP contribution in [0.2, 0.25) is 0 Å². The van der Waals surface area contributed by atoms with Gasteiger partial charge in [0.25, 0.3) is 0 Å². The molecule has 0 saturated heterocycles. The van der Waals surface area contributed by atoms with Crippen molar-refractivity contribution in [3.05, 3.63) is 76.9 Å². The number of benzene rings is 3. The largest absolute Gasteiger partial charge is 0.456 e. The van der Waals surface area contributed by atoms with Crippen molar-refractivity contribution in [2.45, 2.75) is 24.3 Å². The van der Waals surface area contributed by atoms with Crippen molar-refractivity contribution in [3.8, 4) is 11.5 Å². The summed E-state index contributed by atoms with van der Waals surface area (Å²) < 4.78 is 12.8. The number of hydrogen-bond acceptors (Lipinski definition) is 6. The summed E-state index contributed by atoms with van der Waals surface area (Å²) in [5, 5.41) is 0.